The van der Waals surface area contributed by atoms with E-state index >= 15 is 0 Å². The molecule has 0 aliphatic heterocycles. The van der Waals surface area contributed by atoms with Crippen LogP contribution >= 0.6 is 0 Å². The Kier molecular flexibility index (Phi) is 4.98. The lowest BCUT2D eigenvalue weighted by atomic mass is 10.2. The van der Waals surface area contributed by atoms with Crippen LogP contribution in [0.4, 0.5) is 5.69 Å². The number of anilines is 1. The molecule has 5 nitrogen and oxygen atoms in total. The highest BCUT2D eigenvalue weighted by Gasteiger charge is 2.10. The van der Waals surface area contributed by atoms with Crippen molar-refractivity contribution >= 4 is 22.5 Å². The van der Waals surface area contributed by atoms with E-state index in [0.717, 1.165) is 18.2 Å². The lowest BCUT2D eigenvalue weighted by Gasteiger charge is -2.14. The van der Waals surface area contributed by atoms with Gasteiger partial charge in [0.2, 0.25) is 0 Å². The Hall–Kier alpha value is -2.30. The average Bonchev–Trinajstić information content (AvgIpc) is 2.47. The number of nitrogens with two attached hydrogens (primary N) is 1. The summed E-state index contributed by atoms with van der Waals surface area (Å²) in [5, 5.41) is 3.72. The van der Waals surface area contributed by atoms with Gasteiger partial charge in [-0.1, -0.05) is 13.3 Å². The van der Waals surface area contributed by atoms with Gasteiger partial charge in [-0.25, -0.2) is 0 Å². The van der Waals surface area contributed by atoms with Gasteiger partial charge >= 0.3 is 0 Å². The monoisotopic (exact) mass is 287 g/mol. The molecule has 0 bridgehead atoms. The first-order chi connectivity index (χ1) is 10.1. The summed E-state index contributed by atoms with van der Waals surface area (Å²) in [4.78, 5) is 16.1. The van der Waals surface area contributed by atoms with Crippen molar-refractivity contribution in [2.45, 2.75) is 32.7 Å². The Labute approximate surface area is 124 Å². The molecule has 2 aromatic rings. The van der Waals surface area contributed by atoms with Crippen LogP contribution in [-0.4, -0.2) is 23.5 Å². The number of nitrogens with zero attached hydrogens (tertiary/aromatic N) is 1. The second-order valence-corrected chi connectivity index (χ2v) is 5.10. The largest absolute Gasteiger partial charge is 0.483 e. The van der Waals surface area contributed by atoms with Crippen molar-refractivity contribution in [3.05, 3.63) is 30.5 Å². The van der Waals surface area contributed by atoms with E-state index in [1.807, 2.05) is 19.1 Å². The molecular weight excluding hydrogens is 266 g/mol. The number of carbonyl (C=O) groups excluding carboxylic acids is 1. The SMILES string of the molecule is CCCC(C)NC(=O)COc1ccc(N)c2ncccc12. The van der Waals surface area contributed by atoms with Crippen LogP contribution in [0.25, 0.3) is 10.9 Å². The molecule has 1 atom stereocenters. The van der Waals surface area contributed by atoms with Crippen LogP contribution in [0.15, 0.2) is 30.5 Å². The van der Waals surface area contributed by atoms with Crippen molar-refractivity contribution < 1.29 is 9.53 Å². The number of rotatable bonds is 6. The Morgan fingerprint density at radius 1 is 1.43 bits per heavy atom. The summed E-state index contributed by atoms with van der Waals surface area (Å²) in [6, 6.07) is 7.37. The van der Waals surface area contributed by atoms with Crippen LogP contribution < -0.4 is 15.8 Å². The van der Waals surface area contributed by atoms with Crippen LogP contribution in [0.3, 0.4) is 0 Å². The second-order valence-electron chi connectivity index (χ2n) is 5.10. The van der Waals surface area contributed by atoms with Crippen molar-refractivity contribution in [3.63, 3.8) is 0 Å². The second kappa shape index (κ2) is 6.92. The molecule has 0 radical (unpaired) electrons. The van der Waals surface area contributed by atoms with Crippen molar-refractivity contribution in [2.24, 2.45) is 0 Å². The number of fused-ring (bicyclic) bond motifs is 1. The number of nitrogen functional groups attached to an aromatic ring is 1. The number of ether oxygens (including phenoxy) is 1. The molecule has 5 heteroatoms. The number of hydrogen-bond acceptors (Lipinski definition) is 4. The number of pyridine rings is 1. The van der Waals surface area contributed by atoms with Gasteiger partial charge in [0.15, 0.2) is 6.61 Å². The number of amides is 1. The molecule has 3 N–H and O–H groups in total. The molecular formula is C16H21N3O2. The number of aromatic nitrogens is 1. The smallest absolute Gasteiger partial charge is 0.258 e. The number of nitrogens with one attached hydrogen (secondary N) is 1. The molecule has 1 heterocycles. The molecule has 1 aromatic carbocycles. The highest BCUT2D eigenvalue weighted by Crippen LogP contribution is 2.28. The van der Waals surface area contributed by atoms with Crippen LogP contribution in [0.1, 0.15) is 26.7 Å². The van der Waals surface area contributed by atoms with Gasteiger partial charge in [-0.3, -0.25) is 9.78 Å². The van der Waals surface area contributed by atoms with Gasteiger partial charge in [-0.15, -0.1) is 0 Å². The maximum atomic E-state index is 11.8. The van der Waals surface area contributed by atoms with Gasteiger partial charge in [-0.05, 0) is 37.6 Å². The zero-order chi connectivity index (χ0) is 15.2. The van der Waals surface area contributed by atoms with Crippen LogP contribution in [0, 0.1) is 0 Å². The Morgan fingerprint density at radius 3 is 3.00 bits per heavy atom. The van der Waals surface area contributed by atoms with E-state index in [0.29, 0.717) is 17.0 Å². The summed E-state index contributed by atoms with van der Waals surface area (Å²) in [5.41, 5.74) is 7.17. The lowest BCUT2D eigenvalue weighted by Crippen LogP contribution is -2.35. The average molecular weight is 287 g/mol. The van der Waals surface area contributed by atoms with Crippen molar-refractivity contribution in [1.82, 2.24) is 10.3 Å². The number of carbonyl (C=O) groups is 1. The Bertz CT molecular complexity index is 628. The Balaban J connectivity index is 2.04. The predicted molar refractivity (Wildman–Crippen MR) is 84.2 cm³/mol. The van der Waals surface area contributed by atoms with E-state index in [-0.39, 0.29) is 18.6 Å². The van der Waals surface area contributed by atoms with E-state index in [4.69, 9.17) is 10.5 Å². The fourth-order valence-electron chi connectivity index (χ4n) is 2.26. The third kappa shape index (κ3) is 3.84. The van der Waals surface area contributed by atoms with Gasteiger partial charge < -0.3 is 15.8 Å². The van der Waals surface area contributed by atoms with E-state index in [9.17, 15) is 4.79 Å². The first-order valence-corrected chi connectivity index (χ1v) is 7.17. The summed E-state index contributed by atoms with van der Waals surface area (Å²) in [7, 11) is 0. The maximum Gasteiger partial charge on any atom is 0.258 e. The molecule has 1 amide bonds. The minimum absolute atomic E-state index is 0.0119. The van der Waals surface area contributed by atoms with Gasteiger partial charge in [0.05, 0.1) is 11.2 Å². The minimum atomic E-state index is -0.121. The van der Waals surface area contributed by atoms with Gasteiger partial charge in [0, 0.05) is 17.6 Å². The Morgan fingerprint density at radius 2 is 2.24 bits per heavy atom. The summed E-state index contributed by atoms with van der Waals surface area (Å²) < 4.78 is 5.61. The highest BCUT2D eigenvalue weighted by molar-refractivity contribution is 5.94. The summed E-state index contributed by atoms with van der Waals surface area (Å²) >= 11 is 0. The van der Waals surface area contributed by atoms with Crippen LogP contribution in [0.2, 0.25) is 0 Å². The zero-order valence-electron chi connectivity index (χ0n) is 12.4. The molecule has 0 fully saturated rings. The normalized spacial score (nSPS) is 12.1. The highest BCUT2D eigenvalue weighted by atomic mass is 16.5. The van der Waals surface area contributed by atoms with Crippen molar-refractivity contribution in [3.8, 4) is 5.75 Å². The molecule has 0 saturated carbocycles. The van der Waals surface area contributed by atoms with E-state index in [1.54, 1.807) is 18.3 Å². The van der Waals surface area contributed by atoms with Crippen LogP contribution in [-0.2, 0) is 4.79 Å². The molecule has 2 rings (SSSR count). The number of benzene rings is 1. The third-order valence-corrected chi connectivity index (χ3v) is 3.25. The van der Waals surface area contributed by atoms with Gasteiger partial charge in [-0.2, -0.15) is 0 Å². The van der Waals surface area contributed by atoms with E-state index in [1.165, 1.54) is 0 Å². The predicted octanol–water partition coefficient (Wildman–Crippen LogP) is 2.50. The first-order valence-electron chi connectivity index (χ1n) is 7.17. The van der Waals surface area contributed by atoms with E-state index < -0.39 is 0 Å². The molecule has 0 saturated heterocycles. The maximum absolute atomic E-state index is 11.8. The first kappa shape index (κ1) is 15.1. The molecule has 1 unspecified atom stereocenters. The van der Waals surface area contributed by atoms with Crippen molar-refractivity contribution in [1.29, 1.82) is 0 Å². The summed E-state index contributed by atoms with van der Waals surface area (Å²) in [6.45, 7) is 4.07. The van der Waals surface area contributed by atoms with E-state index in [2.05, 4.69) is 17.2 Å². The summed E-state index contributed by atoms with van der Waals surface area (Å²) in [6.07, 6.45) is 3.68. The fraction of sp³-hybridized carbons (Fsp3) is 0.375. The third-order valence-electron chi connectivity index (χ3n) is 3.25. The fourth-order valence-corrected chi connectivity index (χ4v) is 2.26. The minimum Gasteiger partial charge on any atom is -0.483 e. The quantitative estimate of drug-likeness (QED) is 0.800. The topological polar surface area (TPSA) is 77.2 Å². The standard InChI is InChI=1S/C16H21N3O2/c1-3-5-11(2)19-15(20)10-21-14-8-7-13(17)16-12(14)6-4-9-18-16/h4,6-9,11H,3,5,10,17H2,1-2H3,(H,19,20). The molecule has 1 aromatic heterocycles. The molecule has 0 aliphatic rings. The lowest BCUT2D eigenvalue weighted by molar-refractivity contribution is -0.123. The summed E-state index contributed by atoms with van der Waals surface area (Å²) in [5.74, 6) is 0.496. The molecule has 0 spiro atoms. The molecule has 21 heavy (non-hydrogen) atoms. The number of hydrogen-bond donors (Lipinski definition) is 2. The molecule has 0 aliphatic carbocycles. The van der Waals surface area contributed by atoms with Crippen LogP contribution in [0.5, 0.6) is 5.75 Å². The zero-order valence-corrected chi connectivity index (χ0v) is 12.4. The molecule has 112 valence electrons. The van der Waals surface area contributed by atoms with Gasteiger partial charge in [0.25, 0.3) is 5.91 Å². The van der Waals surface area contributed by atoms with Gasteiger partial charge in [0.1, 0.15) is 5.75 Å². The van der Waals surface area contributed by atoms with Crippen molar-refractivity contribution in [2.75, 3.05) is 12.3 Å².